The Morgan fingerprint density at radius 3 is 2.44 bits per heavy atom. The Kier molecular flexibility index (Phi) is 3.41. The molecule has 1 aromatic rings. The molecule has 1 amide bonds. The molecule has 8 heteroatoms. The molecule has 0 saturated carbocycles. The highest BCUT2D eigenvalue weighted by molar-refractivity contribution is 7.86. The van der Waals surface area contributed by atoms with Crippen LogP contribution in [0.1, 0.15) is 6.92 Å². The van der Waals surface area contributed by atoms with Crippen molar-refractivity contribution in [3.05, 3.63) is 18.2 Å². The van der Waals surface area contributed by atoms with Gasteiger partial charge in [-0.15, -0.1) is 0 Å². The number of nitrogen functional groups attached to an aromatic ring is 1. The van der Waals surface area contributed by atoms with Gasteiger partial charge in [-0.25, -0.2) is 4.42 Å². The summed E-state index contributed by atoms with van der Waals surface area (Å²) in [5.41, 5.74) is 5.44. The summed E-state index contributed by atoms with van der Waals surface area (Å²) in [5, 5.41) is 0. The lowest BCUT2D eigenvalue weighted by molar-refractivity contribution is -0.115. The zero-order valence-electron chi connectivity index (χ0n) is 8.21. The molecule has 0 saturated heterocycles. The van der Waals surface area contributed by atoms with Crippen molar-refractivity contribution in [2.24, 2.45) is 0 Å². The third kappa shape index (κ3) is 2.63. The number of amides is 1. The van der Waals surface area contributed by atoms with E-state index < -0.39 is 20.9 Å². The minimum absolute atomic E-state index is 0.188. The summed E-state index contributed by atoms with van der Waals surface area (Å²) in [6.45, 7) is 1.24. The first-order valence-electron chi connectivity index (χ1n) is 4.07. The van der Waals surface area contributed by atoms with Crippen molar-refractivity contribution in [1.82, 2.24) is 0 Å². The minimum Gasteiger partial charge on any atom is -0.398 e. The van der Waals surface area contributed by atoms with Crippen LogP contribution in [0, 0.1) is 0 Å². The van der Waals surface area contributed by atoms with Crippen LogP contribution in [-0.2, 0) is 14.9 Å². The van der Waals surface area contributed by atoms with E-state index in [1.54, 1.807) is 0 Å². The summed E-state index contributed by atoms with van der Waals surface area (Å²) in [6, 6.07) is 3.50. The predicted octanol–water partition coefficient (Wildman–Crippen LogP) is 1.02. The van der Waals surface area contributed by atoms with Gasteiger partial charge in [0.05, 0.1) is 11.4 Å². The molecule has 1 rings (SSSR count). The molecule has 16 heavy (non-hydrogen) atoms. The van der Waals surface area contributed by atoms with E-state index >= 15 is 0 Å². The van der Waals surface area contributed by atoms with Crippen LogP contribution in [0.15, 0.2) is 23.1 Å². The van der Waals surface area contributed by atoms with Crippen LogP contribution in [0.2, 0.25) is 0 Å². The lowest BCUT2D eigenvalue weighted by atomic mass is 10.3. The molecule has 0 aliphatic heterocycles. The van der Waals surface area contributed by atoms with Gasteiger partial charge in [-0.05, 0) is 18.2 Å². The van der Waals surface area contributed by atoms with Gasteiger partial charge in [-0.3, -0.25) is 9.35 Å². The van der Waals surface area contributed by atoms with Gasteiger partial charge in [0.15, 0.2) is 0 Å². The predicted molar refractivity (Wildman–Crippen MR) is 59.7 cm³/mol. The monoisotopic (exact) mass is 264 g/mol. The molecule has 6 nitrogen and oxygen atoms in total. The number of hydrogen-bond donors (Lipinski definition) is 2. The van der Waals surface area contributed by atoms with E-state index in [9.17, 15) is 13.2 Å². The molecule has 0 unspecified atom stereocenters. The third-order valence-electron chi connectivity index (χ3n) is 1.77. The third-order valence-corrected chi connectivity index (χ3v) is 3.14. The van der Waals surface area contributed by atoms with E-state index in [4.69, 9.17) is 22.1 Å². The molecule has 0 heterocycles. The summed E-state index contributed by atoms with van der Waals surface area (Å²) in [7, 11) is -4.37. The number of anilines is 2. The molecule has 88 valence electrons. The van der Waals surface area contributed by atoms with E-state index in [2.05, 4.69) is 0 Å². The second-order valence-electron chi connectivity index (χ2n) is 3.00. The zero-order chi connectivity index (χ0) is 12.5. The lowest BCUT2D eigenvalue weighted by Gasteiger charge is -2.12. The quantitative estimate of drug-likeness (QED) is 0.472. The normalized spacial score (nSPS) is 11.2. The molecule has 0 fully saturated rings. The highest BCUT2D eigenvalue weighted by Gasteiger charge is 2.16. The first-order valence-corrected chi connectivity index (χ1v) is 5.85. The van der Waals surface area contributed by atoms with E-state index in [1.807, 2.05) is 0 Å². The first kappa shape index (κ1) is 12.8. The standard InChI is InChI=1S/C8H9ClN2O4S/c1-5(12)11(9)6-2-3-8(7(10)4-6)16(13,14)15/h2-4H,10H2,1H3,(H,13,14,15). The lowest BCUT2D eigenvalue weighted by Crippen LogP contribution is -2.17. The Hall–Kier alpha value is -1.31. The average Bonchev–Trinajstić information content (AvgIpc) is 2.14. The van der Waals surface area contributed by atoms with Crippen molar-refractivity contribution < 1.29 is 17.8 Å². The van der Waals surface area contributed by atoms with Gasteiger partial charge >= 0.3 is 0 Å². The Morgan fingerprint density at radius 1 is 1.50 bits per heavy atom. The van der Waals surface area contributed by atoms with E-state index in [0.29, 0.717) is 0 Å². The molecular weight excluding hydrogens is 256 g/mol. The number of nitrogens with two attached hydrogens (primary N) is 1. The van der Waals surface area contributed by atoms with Crippen molar-refractivity contribution in [3.8, 4) is 0 Å². The van der Waals surface area contributed by atoms with E-state index in [-0.39, 0.29) is 11.4 Å². The van der Waals surface area contributed by atoms with Crippen LogP contribution < -0.4 is 10.2 Å². The fourth-order valence-corrected chi connectivity index (χ4v) is 1.78. The molecule has 0 spiro atoms. The minimum atomic E-state index is -4.37. The molecule has 0 aromatic heterocycles. The maximum absolute atomic E-state index is 10.9. The topological polar surface area (TPSA) is 101 Å². The molecule has 0 aliphatic rings. The van der Waals surface area contributed by atoms with Crippen LogP contribution in [0.5, 0.6) is 0 Å². The van der Waals surface area contributed by atoms with Gasteiger partial charge in [-0.2, -0.15) is 8.42 Å². The van der Waals surface area contributed by atoms with Gasteiger partial charge in [0, 0.05) is 18.7 Å². The van der Waals surface area contributed by atoms with Gasteiger partial charge in [0.1, 0.15) is 4.90 Å². The Morgan fingerprint density at radius 2 is 2.06 bits per heavy atom. The van der Waals surface area contributed by atoms with E-state index in [0.717, 1.165) is 10.5 Å². The summed E-state index contributed by atoms with van der Waals surface area (Å²) in [5.74, 6) is -0.444. The van der Waals surface area contributed by atoms with Gasteiger partial charge in [0.2, 0.25) is 5.91 Å². The number of carbonyl (C=O) groups is 1. The molecule has 0 radical (unpaired) electrons. The van der Waals surface area contributed by atoms with Crippen molar-refractivity contribution >= 4 is 39.2 Å². The molecule has 0 atom stereocenters. The summed E-state index contributed by atoms with van der Waals surface area (Å²) in [6.07, 6.45) is 0. The Balaban J connectivity index is 3.25. The smallest absolute Gasteiger partial charge is 0.296 e. The van der Waals surface area contributed by atoms with Crippen LogP contribution >= 0.6 is 11.8 Å². The fraction of sp³-hybridized carbons (Fsp3) is 0.125. The van der Waals surface area contributed by atoms with E-state index in [1.165, 1.54) is 19.1 Å². The van der Waals surface area contributed by atoms with Gasteiger partial charge in [-0.1, -0.05) is 0 Å². The maximum Gasteiger partial charge on any atom is 0.296 e. The van der Waals surface area contributed by atoms with Crippen molar-refractivity contribution in [2.75, 3.05) is 10.2 Å². The van der Waals surface area contributed by atoms with Crippen LogP contribution in [-0.4, -0.2) is 18.9 Å². The number of benzene rings is 1. The molecule has 0 aliphatic carbocycles. The zero-order valence-corrected chi connectivity index (χ0v) is 9.79. The van der Waals surface area contributed by atoms with Crippen molar-refractivity contribution in [3.63, 3.8) is 0 Å². The number of rotatable bonds is 2. The highest BCUT2D eigenvalue weighted by Crippen LogP contribution is 2.25. The molecule has 3 N–H and O–H groups in total. The Labute approximate surface area is 97.5 Å². The van der Waals surface area contributed by atoms with Crippen LogP contribution in [0.25, 0.3) is 0 Å². The average molecular weight is 265 g/mol. The first-order chi connectivity index (χ1) is 7.23. The fourth-order valence-electron chi connectivity index (χ4n) is 1.07. The SMILES string of the molecule is CC(=O)N(Cl)c1ccc(S(=O)(=O)O)c(N)c1. The van der Waals surface area contributed by atoms with Gasteiger partial charge < -0.3 is 5.73 Å². The molecular formula is C8H9ClN2O4S. The molecule has 0 bridgehead atoms. The second kappa shape index (κ2) is 4.28. The summed E-state index contributed by atoms with van der Waals surface area (Å²) >= 11 is 5.60. The number of carbonyl (C=O) groups excluding carboxylic acids is 1. The van der Waals surface area contributed by atoms with Crippen LogP contribution in [0.3, 0.4) is 0 Å². The number of nitrogens with zero attached hydrogens (tertiary/aromatic N) is 1. The Bertz CT molecular complexity index is 529. The number of hydrogen-bond acceptors (Lipinski definition) is 4. The highest BCUT2D eigenvalue weighted by atomic mass is 35.5. The number of halogens is 1. The van der Waals surface area contributed by atoms with Crippen molar-refractivity contribution in [1.29, 1.82) is 0 Å². The summed E-state index contributed by atoms with van der Waals surface area (Å²) in [4.78, 5) is 10.5. The van der Waals surface area contributed by atoms with Crippen LogP contribution in [0.4, 0.5) is 11.4 Å². The van der Waals surface area contributed by atoms with Crippen molar-refractivity contribution in [2.45, 2.75) is 11.8 Å². The maximum atomic E-state index is 10.9. The summed E-state index contributed by atoms with van der Waals surface area (Å²) < 4.78 is 31.2. The molecule has 1 aromatic carbocycles. The largest absolute Gasteiger partial charge is 0.398 e. The van der Waals surface area contributed by atoms with Gasteiger partial charge in [0.25, 0.3) is 10.1 Å². The second-order valence-corrected chi connectivity index (χ2v) is 4.73.